The van der Waals surface area contributed by atoms with Gasteiger partial charge < -0.3 is 10.2 Å². The molecule has 1 rings (SSSR count). The summed E-state index contributed by atoms with van der Waals surface area (Å²) in [5, 5.41) is 3.21. The van der Waals surface area contributed by atoms with Crippen molar-refractivity contribution in [2.24, 2.45) is 11.3 Å². The summed E-state index contributed by atoms with van der Waals surface area (Å²) >= 11 is 0. The van der Waals surface area contributed by atoms with Crippen LogP contribution in [0.15, 0.2) is 0 Å². The maximum Gasteiger partial charge on any atom is -0.00159 e. The molecule has 102 valence electrons. The van der Waals surface area contributed by atoms with Gasteiger partial charge in [-0.05, 0) is 70.2 Å². The van der Waals surface area contributed by atoms with Crippen LogP contribution in [0.2, 0.25) is 0 Å². The fourth-order valence-corrected chi connectivity index (χ4v) is 2.84. The number of unbranched alkanes of at least 4 members (excludes halogenated alkanes) is 2. The van der Waals surface area contributed by atoms with E-state index in [0.29, 0.717) is 5.41 Å². The van der Waals surface area contributed by atoms with Crippen molar-refractivity contribution < 1.29 is 0 Å². The van der Waals surface area contributed by atoms with Gasteiger partial charge in [0.05, 0.1) is 0 Å². The van der Waals surface area contributed by atoms with Crippen molar-refractivity contribution >= 4 is 0 Å². The number of likely N-dealkylation sites (tertiary alicyclic amines) is 1. The molecule has 0 aromatic carbocycles. The van der Waals surface area contributed by atoms with Crippen molar-refractivity contribution in [3.05, 3.63) is 0 Å². The predicted octanol–water partition coefficient (Wildman–Crippen LogP) is 3.13. The third-order valence-corrected chi connectivity index (χ3v) is 4.21. The van der Waals surface area contributed by atoms with Gasteiger partial charge in [0.15, 0.2) is 0 Å². The van der Waals surface area contributed by atoms with Crippen LogP contribution < -0.4 is 5.32 Å². The lowest BCUT2D eigenvalue weighted by molar-refractivity contribution is 0.111. The highest BCUT2D eigenvalue weighted by atomic mass is 15.1. The van der Waals surface area contributed by atoms with Gasteiger partial charge in [0, 0.05) is 0 Å². The van der Waals surface area contributed by atoms with E-state index in [2.05, 4.69) is 31.0 Å². The molecule has 17 heavy (non-hydrogen) atoms. The van der Waals surface area contributed by atoms with Gasteiger partial charge in [-0.3, -0.25) is 0 Å². The fraction of sp³-hybridized carbons (Fsp3) is 1.00. The van der Waals surface area contributed by atoms with Crippen LogP contribution in [0.25, 0.3) is 0 Å². The molecular weight excluding hydrogens is 208 g/mol. The van der Waals surface area contributed by atoms with E-state index in [1.54, 1.807) is 0 Å². The molecule has 0 radical (unpaired) electrons. The molecule has 1 N–H and O–H groups in total. The van der Waals surface area contributed by atoms with E-state index < -0.39 is 0 Å². The Labute approximate surface area is 108 Å². The lowest BCUT2D eigenvalue weighted by Gasteiger charge is -2.38. The molecule has 0 amide bonds. The number of nitrogens with one attached hydrogen (secondary N) is 1. The Morgan fingerprint density at radius 3 is 2.24 bits per heavy atom. The lowest BCUT2D eigenvalue weighted by Crippen LogP contribution is -2.38. The summed E-state index contributed by atoms with van der Waals surface area (Å²) in [4.78, 5) is 2.67. The van der Waals surface area contributed by atoms with Crippen LogP contribution in [0.5, 0.6) is 0 Å². The average Bonchev–Trinajstić information content (AvgIpc) is 2.28. The van der Waals surface area contributed by atoms with Crippen molar-refractivity contribution in [1.82, 2.24) is 10.2 Å². The van der Waals surface area contributed by atoms with Crippen LogP contribution in [-0.4, -0.2) is 38.1 Å². The number of hydrogen-bond donors (Lipinski definition) is 1. The summed E-state index contributed by atoms with van der Waals surface area (Å²) in [6, 6.07) is 0. The second-order valence-electron chi connectivity index (χ2n) is 6.65. The zero-order valence-corrected chi connectivity index (χ0v) is 12.4. The highest BCUT2D eigenvalue weighted by Gasteiger charge is 2.28. The molecule has 0 unspecified atom stereocenters. The third-order valence-electron chi connectivity index (χ3n) is 4.21. The van der Waals surface area contributed by atoms with Crippen LogP contribution in [0.4, 0.5) is 0 Å². The Balaban J connectivity index is 2.07. The highest BCUT2D eigenvalue weighted by Crippen LogP contribution is 2.34. The first-order valence-corrected chi connectivity index (χ1v) is 7.41. The molecule has 1 fully saturated rings. The number of rotatable bonds is 6. The minimum Gasteiger partial charge on any atom is -0.320 e. The molecule has 2 heteroatoms. The monoisotopic (exact) mass is 240 g/mol. The van der Waals surface area contributed by atoms with Gasteiger partial charge >= 0.3 is 0 Å². The normalized spacial score (nSPS) is 19.8. The van der Waals surface area contributed by atoms with E-state index in [0.717, 1.165) is 5.92 Å². The van der Waals surface area contributed by atoms with Crippen molar-refractivity contribution in [2.45, 2.75) is 52.9 Å². The molecular formula is C15H32N2. The van der Waals surface area contributed by atoms with E-state index in [9.17, 15) is 0 Å². The minimum absolute atomic E-state index is 0.513. The predicted molar refractivity (Wildman–Crippen MR) is 76.4 cm³/mol. The van der Waals surface area contributed by atoms with Gasteiger partial charge in [-0.1, -0.05) is 27.2 Å². The van der Waals surface area contributed by atoms with Crippen molar-refractivity contribution in [2.75, 3.05) is 33.2 Å². The molecule has 1 heterocycles. The average molecular weight is 240 g/mol. The zero-order valence-electron chi connectivity index (χ0n) is 12.4. The van der Waals surface area contributed by atoms with Gasteiger partial charge in [0.2, 0.25) is 0 Å². The first-order chi connectivity index (χ1) is 8.04. The Morgan fingerprint density at radius 1 is 1.06 bits per heavy atom. The summed E-state index contributed by atoms with van der Waals surface area (Å²) < 4.78 is 0. The van der Waals surface area contributed by atoms with E-state index in [1.807, 2.05) is 7.05 Å². The summed E-state index contributed by atoms with van der Waals surface area (Å²) in [5.41, 5.74) is 0.513. The first kappa shape index (κ1) is 15.0. The number of piperidine rings is 1. The Kier molecular flexibility index (Phi) is 6.50. The second kappa shape index (κ2) is 7.38. The standard InChI is InChI=1S/C15H32N2/c1-15(2,3)14-8-12-17(13-9-14)11-7-5-6-10-16-4/h14,16H,5-13H2,1-4H3. The number of nitrogens with zero attached hydrogens (tertiary/aromatic N) is 1. The van der Waals surface area contributed by atoms with Crippen LogP contribution in [0, 0.1) is 11.3 Å². The smallest absolute Gasteiger partial charge is 0.00159 e. The molecule has 0 saturated carbocycles. The maximum atomic E-state index is 3.21. The number of hydrogen-bond acceptors (Lipinski definition) is 2. The lowest BCUT2D eigenvalue weighted by atomic mass is 9.75. The molecule has 0 bridgehead atoms. The first-order valence-electron chi connectivity index (χ1n) is 7.41. The molecule has 0 aromatic rings. The van der Waals surface area contributed by atoms with Gasteiger partial charge in [0.1, 0.15) is 0 Å². The molecule has 0 aliphatic carbocycles. The Hall–Kier alpha value is -0.0800. The molecule has 0 spiro atoms. The summed E-state index contributed by atoms with van der Waals surface area (Å²) in [7, 11) is 2.04. The largest absolute Gasteiger partial charge is 0.320 e. The molecule has 0 aromatic heterocycles. The fourth-order valence-electron chi connectivity index (χ4n) is 2.84. The molecule has 0 atom stereocenters. The van der Waals surface area contributed by atoms with E-state index >= 15 is 0 Å². The Morgan fingerprint density at radius 2 is 1.71 bits per heavy atom. The topological polar surface area (TPSA) is 15.3 Å². The molecule has 2 nitrogen and oxygen atoms in total. The van der Waals surface area contributed by atoms with Crippen molar-refractivity contribution in [3.8, 4) is 0 Å². The van der Waals surface area contributed by atoms with Crippen LogP contribution in [0.1, 0.15) is 52.9 Å². The Bertz CT molecular complexity index is 188. The van der Waals surface area contributed by atoms with Gasteiger partial charge in [-0.2, -0.15) is 0 Å². The zero-order chi connectivity index (χ0) is 12.7. The second-order valence-corrected chi connectivity index (χ2v) is 6.65. The summed E-state index contributed by atoms with van der Waals surface area (Å²) in [6.45, 7) is 12.3. The molecule has 1 aliphatic heterocycles. The van der Waals surface area contributed by atoms with E-state index in [1.165, 1.54) is 58.3 Å². The van der Waals surface area contributed by atoms with Gasteiger partial charge in [-0.25, -0.2) is 0 Å². The van der Waals surface area contributed by atoms with Crippen LogP contribution >= 0.6 is 0 Å². The van der Waals surface area contributed by atoms with E-state index in [-0.39, 0.29) is 0 Å². The molecule has 1 aliphatic rings. The SMILES string of the molecule is CNCCCCCN1CCC(C(C)(C)C)CC1. The van der Waals surface area contributed by atoms with Crippen molar-refractivity contribution in [1.29, 1.82) is 0 Å². The maximum absolute atomic E-state index is 3.21. The summed E-state index contributed by atoms with van der Waals surface area (Å²) in [6.07, 6.45) is 6.89. The van der Waals surface area contributed by atoms with Crippen molar-refractivity contribution in [3.63, 3.8) is 0 Å². The summed E-state index contributed by atoms with van der Waals surface area (Å²) in [5.74, 6) is 0.933. The van der Waals surface area contributed by atoms with Crippen LogP contribution in [0.3, 0.4) is 0 Å². The highest BCUT2D eigenvalue weighted by molar-refractivity contribution is 4.80. The molecule has 1 saturated heterocycles. The van der Waals surface area contributed by atoms with E-state index in [4.69, 9.17) is 0 Å². The minimum atomic E-state index is 0.513. The van der Waals surface area contributed by atoms with Gasteiger partial charge in [-0.15, -0.1) is 0 Å². The van der Waals surface area contributed by atoms with Crippen LogP contribution in [-0.2, 0) is 0 Å². The van der Waals surface area contributed by atoms with Gasteiger partial charge in [0.25, 0.3) is 0 Å². The third kappa shape index (κ3) is 5.87. The quantitative estimate of drug-likeness (QED) is 0.718.